The molecule has 0 aliphatic rings. The molecule has 0 radical (unpaired) electrons. The minimum absolute atomic E-state index is 0.00198. The fourth-order valence-electron chi connectivity index (χ4n) is 2.97. The van der Waals surface area contributed by atoms with Gasteiger partial charge >= 0.3 is 11.9 Å². The average Bonchev–Trinajstić information content (AvgIpc) is 3.25. The summed E-state index contributed by atoms with van der Waals surface area (Å²) in [5, 5.41) is 20.8. The molecule has 1 amide bonds. The van der Waals surface area contributed by atoms with Crippen LogP contribution in [0, 0.1) is 17.0 Å². The summed E-state index contributed by atoms with van der Waals surface area (Å²) >= 11 is 0. The second kappa shape index (κ2) is 8.72. The number of alkyl halides is 5. The number of nitro groups is 1. The minimum Gasteiger partial charge on any atom is -0.322 e. The van der Waals surface area contributed by atoms with E-state index in [0.29, 0.717) is 5.56 Å². The van der Waals surface area contributed by atoms with Crippen LogP contribution in [0.3, 0.4) is 0 Å². The number of aromatic nitrogens is 4. The maximum absolute atomic E-state index is 13.0. The van der Waals surface area contributed by atoms with Crippen molar-refractivity contribution < 1.29 is 31.7 Å². The first kappa shape index (κ1) is 22.8. The first-order chi connectivity index (χ1) is 15.0. The summed E-state index contributed by atoms with van der Waals surface area (Å²) < 4.78 is 66.5. The zero-order chi connectivity index (χ0) is 23.6. The smallest absolute Gasteiger partial charge is 0.322 e. The van der Waals surface area contributed by atoms with Crippen molar-refractivity contribution in [2.45, 2.75) is 32.6 Å². The highest BCUT2D eigenvalue weighted by molar-refractivity contribution is 5.90. The molecule has 0 saturated carbocycles. The van der Waals surface area contributed by atoms with Gasteiger partial charge < -0.3 is 5.32 Å². The van der Waals surface area contributed by atoms with Gasteiger partial charge in [-0.1, -0.05) is 12.1 Å². The van der Waals surface area contributed by atoms with Crippen molar-refractivity contribution in [3.05, 3.63) is 69.3 Å². The van der Waals surface area contributed by atoms with E-state index in [9.17, 15) is 36.9 Å². The molecule has 170 valence electrons. The summed E-state index contributed by atoms with van der Waals surface area (Å²) in [5.41, 5.74) is -2.38. The van der Waals surface area contributed by atoms with E-state index in [1.807, 2.05) is 0 Å². The molecule has 1 N–H and O–H groups in total. The summed E-state index contributed by atoms with van der Waals surface area (Å²) in [4.78, 5) is 22.2. The Kier molecular flexibility index (Phi) is 6.23. The van der Waals surface area contributed by atoms with Gasteiger partial charge in [-0.2, -0.15) is 23.4 Å². The number of nitrogens with zero attached hydrogens (tertiary/aromatic N) is 5. The molecule has 32 heavy (non-hydrogen) atoms. The van der Waals surface area contributed by atoms with Crippen molar-refractivity contribution in [3.63, 3.8) is 0 Å². The number of nitrogens with one attached hydrogen (secondary N) is 1. The van der Waals surface area contributed by atoms with E-state index >= 15 is 0 Å². The van der Waals surface area contributed by atoms with Crippen LogP contribution in [0.2, 0.25) is 0 Å². The van der Waals surface area contributed by atoms with E-state index in [1.165, 1.54) is 36.1 Å². The lowest BCUT2D eigenvalue weighted by molar-refractivity contribution is -0.386. The summed E-state index contributed by atoms with van der Waals surface area (Å²) in [6, 6.07) is 4.68. The standard InChI is InChI=1S/C18H15F5N6O3/c1-10-16(29(31)32)15(17(19)20)26-28(10)9-14(30)25-13-6-24-27(8-13)7-11-3-2-4-12(5-11)18(21,22)23/h2-6,8,17H,7,9H2,1H3,(H,25,30). The Balaban J connectivity index is 1.68. The van der Waals surface area contributed by atoms with Gasteiger partial charge in [0.15, 0.2) is 0 Å². The molecule has 1 aromatic carbocycles. The maximum atomic E-state index is 13.0. The molecule has 0 saturated heterocycles. The van der Waals surface area contributed by atoms with Crippen LogP contribution in [0.5, 0.6) is 0 Å². The number of anilines is 1. The molecule has 0 unspecified atom stereocenters. The van der Waals surface area contributed by atoms with Crippen molar-refractivity contribution >= 4 is 17.3 Å². The number of carbonyl (C=O) groups excluding carboxylic acids is 1. The quantitative estimate of drug-likeness (QED) is 0.328. The van der Waals surface area contributed by atoms with Crippen LogP contribution in [-0.2, 0) is 24.1 Å². The zero-order valence-corrected chi connectivity index (χ0v) is 16.3. The van der Waals surface area contributed by atoms with Gasteiger partial charge in [-0.3, -0.25) is 24.3 Å². The van der Waals surface area contributed by atoms with E-state index in [-0.39, 0.29) is 17.9 Å². The SMILES string of the molecule is Cc1c([N+](=O)[O-])c(C(F)F)nn1CC(=O)Nc1cnn(Cc2cccc(C(F)(F)F)c2)c1. The number of rotatable bonds is 7. The molecule has 0 atom stereocenters. The van der Waals surface area contributed by atoms with Gasteiger partial charge in [-0.25, -0.2) is 8.78 Å². The lowest BCUT2D eigenvalue weighted by Gasteiger charge is -2.08. The topological polar surface area (TPSA) is 108 Å². The molecule has 0 aliphatic carbocycles. The van der Waals surface area contributed by atoms with Crippen LogP contribution < -0.4 is 5.32 Å². The fourth-order valence-corrected chi connectivity index (χ4v) is 2.97. The van der Waals surface area contributed by atoms with Crippen LogP contribution in [0.25, 0.3) is 0 Å². The average molecular weight is 458 g/mol. The Morgan fingerprint density at radius 2 is 2.03 bits per heavy atom. The third-order valence-corrected chi connectivity index (χ3v) is 4.40. The summed E-state index contributed by atoms with van der Waals surface area (Å²) in [6.45, 7) is 0.623. The van der Waals surface area contributed by atoms with Crippen molar-refractivity contribution in [2.24, 2.45) is 0 Å². The molecule has 0 bridgehead atoms. The second-order valence-corrected chi connectivity index (χ2v) is 6.71. The van der Waals surface area contributed by atoms with Crippen molar-refractivity contribution in [1.82, 2.24) is 19.6 Å². The number of amides is 1. The second-order valence-electron chi connectivity index (χ2n) is 6.71. The minimum atomic E-state index is -4.48. The molecule has 2 heterocycles. The Morgan fingerprint density at radius 3 is 2.62 bits per heavy atom. The molecule has 2 aromatic heterocycles. The van der Waals surface area contributed by atoms with Crippen molar-refractivity contribution in [2.75, 3.05) is 5.32 Å². The number of carbonyl (C=O) groups is 1. The highest BCUT2D eigenvalue weighted by Crippen LogP contribution is 2.31. The normalized spacial score (nSPS) is 11.7. The third-order valence-electron chi connectivity index (χ3n) is 4.40. The molecular weight excluding hydrogens is 443 g/mol. The van der Waals surface area contributed by atoms with Gasteiger partial charge in [0.2, 0.25) is 11.6 Å². The van der Waals surface area contributed by atoms with Gasteiger partial charge in [-0.15, -0.1) is 0 Å². The molecule has 9 nitrogen and oxygen atoms in total. The van der Waals surface area contributed by atoms with Gasteiger partial charge in [-0.05, 0) is 24.6 Å². The van der Waals surface area contributed by atoms with E-state index in [1.54, 1.807) is 0 Å². The highest BCUT2D eigenvalue weighted by Gasteiger charge is 2.31. The fraction of sp³-hybridized carbons (Fsp3) is 0.278. The van der Waals surface area contributed by atoms with Crippen LogP contribution in [0.1, 0.15) is 28.9 Å². The largest absolute Gasteiger partial charge is 0.416 e. The molecular formula is C18H15F5N6O3. The van der Waals surface area contributed by atoms with E-state index < -0.39 is 46.9 Å². The van der Waals surface area contributed by atoms with Crippen molar-refractivity contribution in [1.29, 1.82) is 0 Å². The lowest BCUT2D eigenvalue weighted by Crippen LogP contribution is -2.20. The number of benzene rings is 1. The molecule has 3 aromatic rings. The Labute approximate surface area is 176 Å². The first-order valence-corrected chi connectivity index (χ1v) is 8.94. The predicted molar refractivity (Wildman–Crippen MR) is 100.0 cm³/mol. The van der Waals surface area contributed by atoms with Gasteiger partial charge in [0.25, 0.3) is 6.43 Å². The van der Waals surface area contributed by atoms with Gasteiger partial charge in [0.1, 0.15) is 12.2 Å². The molecule has 0 fully saturated rings. The molecule has 14 heteroatoms. The first-order valence-electron chi connectivity index (χ1n) is 8.94. The van der Waals surface area contributed by atoms with Gasteiger partial charge in [0, 0.05) is 6.20 Å². The van der Waals surface area contributed by atoms with Crippen LogP contribution in [0.15, 0.2) is 36.7 Å². The van der Waals surface area contributed by atoms with Crippen molar-refractivity contribution in [3.8, 4) is 0 Å². The van der Waals surface area contributed by atoms with Crippen LogP contribution in [-0.4, -0.2) is 30.4 Å². The summed E-state index contributed by atoms with van der Waals surface area (Å²) in [7, 11) is 0. The molecule has 3 rings (SSSR count). The van der Waals surface area contributed by atoms with Gasteiger partial charge in [0.05, 0.1) is 28.9 Å². The van der Waals surface area contributed by atoms with Crippen LogP contribution >= 0.6 is 0 Å². The number of hydrogen-bond acceptors (Lipinski definition) is 5. The summed E-state index contributed by atoms with van der Waals surface area (Å²) in [6.07, 6.45) is -5.06. The zero-order valence-electron chi connectivity index (χ0n) is 16.3. The summed E-state index contributed by atoms with van der Waals surface area (Å²) in [5.74, 6) is -0.718. The monoisotopic (exact) mass is 458 g/mol. The van der Waals surface area contributed by atoms with E-state index in [0.717, 1.165) is 16.8 Å². The maximum Gasteiger partial charge on any atom is 0.416 e. The number of hydrogen-bond donors (Lipinski definition) is 1. The van der Waals surface area contributed by atoms with Crippen LogP contribution in [0.4, 0.5) is 33.3 Å². The predicted octanol–water partition coefficient (Wildman–Crippen LogP) is 3.94. The Bertz CT molecular complexity index is 1150. The third kappa shape index (κ3) is 5.07. The molecule has 0 aliphatic heterocycles. The van der Waals surface area contributed by atoms with E-state index in [4.69, 9.17) is 0 Å². The number of halogens is 5. The Hall–Kier alpha value is -3.84. The van der Waals surface area contributed by atoms with E-state index in [2.05, 4.69) is 15.5 Å². The molecule has 0 spiro atoms. The Morgan fingerprint density at radius 1 is 1.31 bits per heavy atom. The highest BCUT2D eigenvalue weighted by atomic mass is 19.4. The lowest BCUT2D eigenvalue weighted by atomic mass is 10.1.